The van der Waals surface area contributed by atoms with Crippen molar-refractivity contribution in [3.63, 3.8) is 0 Å². The third-order valence-corrected chi connectivity index (χ3v) is 3.66. The minimum atomic E-state index is -0.705. The van der Waals surface area contributed by atoms with Crippen LogP contribution in [0.5, 0.6) is 0 Å². The Morgan fingerprint density at radius 2 is 1.55 bits per heavy atom. The molecule has 0 radical (unpaired) electrons. The summed E-state index contributed by atoms with van der Waals surface area (Å²) in [5, 5.41) is 9.05. The first-order valence-corrected chi connectivity index (χ1v) is 7.72. The zero-order valence-electron chi connectivity index (χ0n) is 13.9. The molecule has 5 heteroatoms. The van der Waals surface area contributed by atoms with Crippen molar-refractivity contribution in [2.24, 2.45) is 5.92 Å². The van der Waals surface area contributed by atoms with Gasteiger partial charge in [0.05, 0.1) is 5.92 Å². The van der Waals surface area contributed by atoms with Gasteiger partial charge >= 0.3 is 5.97 Å². The summed E-state index contributed by atoms with van der Waals surface area (Å²) in [6.07, 6.45) is 1.10. The van der Waals surface area contributed by atoms with Gasteiger partial charge in [0.25, 0.3) is 0 Å². The van der Waals surface area contributed by atoms with Crippen molar-refractivity contribution in [1.82, 2.24) is 14.7 Å². The molecule has 5 nitrogen and oxygen atoms in total. The highest BCUT2D eigenvalue weighted by atomic mass is 16.4. The largest absolute Gasteiger partial charge is 0.481 e. The zero-order chi connectivity index (χ0) is 15.5. The highest BCUT2D eigenvalue weighted by Gasteiger charge is 2.16. The van der Waals surface area contributed by atoms with E-state index in [0.717, 1.165) is 45.7 Å². The normalized spacial score (nSPS) is 13.4. The summed E-state index contributed by atoms with van der Waals surface area (Å²) in [7, 11) is 4.10. The lowest BCUT2D eigenvalue weighted by molar-refractivity contribution is -0.141. The van der Waals surface area contributed by atoms with Gasteiger partial charge in [0, 0.05) is 19.6 Å². The fourth-order valence-corrected chi connectivity index (χ4v) is 2.16. The summed E-state index contributed by atoms with van der Waals surface area (Å²) in [6.45, 7) is 12.9. The summed E-state index contributed by atoms with van der Waals surface area (Å²) in [4.78, 5) is 17.8. The maximum atomic E-state index is 11.0. The molecule has 0 aliphatic rings. The zero-order valence-corrected chi connectivity index (χ0v) is 13.9. The van der Waals surface area contributed by atoms with E-state index in [1.165, 1.54) is 0 Å². The van der Waals surface area contributed by atoms with Crippen LogP contribution in [0.15, 0.2) is 0 Å². The predicted molar refractivity (Wildman–Crippen MR) is 84.2 cm³/mol. The van der Waals surface area contributed by atoms with Crippen LogP contribution in [0.3, 0.4) is 0 Å². The van der Waals surface area contributed by atoms with Gasteiger partial charge in [-0.05, 0) is 46.7 Å². The van der Waals surface area contributed by atoms with Gasteiger partial charge in [0.1, 0.15) is 0 Å². The van der Waals surface area contributed by atoms with Gasteiger partial charge < -0.3 is 19.8 Å². The molecule has 120 valence electrons. The molecule has 1 atom stereocenters. The van der Waals surface area contributed by atoms with Crippen molar-refractivity contribution in [3.05, 3.63) is 0 Å². The number of hydrogen-bond acceptors (Lipinski definition) is 4. The molecule has 0 aliphatic heterocycles. The third kappa shape index (κ3) is 9.28. The summed E-state index contributed by atoms with van der Waals surface area (Å²) < 4.78 is 0. The van der Waals surface area contributed by atoms with Crippen molar-refractivity contribution in [2.45, 2.75) is 27.2 Å². The van der Waals surface area contributed by atoms with Gasteiger partial charge in [-0.25, -0.2) is 0 Å². The molecule has 1 N–H and O–H groups in total. The van der Waals surface area contributed by atoms with Gasteiger partial charge in [-0.3, -0.25) is 4.79 Å². The second-order valence-electron chi connectivity index (χ2n) is 5.72. The van der Waals surface area contributed by atoms with Crippen LogP contribution in [0.25, 0.3) is 0 Å². The molecule has 0 saturated heterocycles. The van der Waals surface area contributed by atoms with Crippen LogP contribution >= 0.6 is 0 Å². The van der Waals surface area contributed by atoms with Crippen LogP contribution in [-0.4, -0.2) is 85.7 Å². The van der Waals surface area contributed by atoms with Crippen molar-refractivity contribution < 1.29 is 9.90 Å². The molecule has 0 rings (SSSR count). The van der Waals surface area contributed by atoms with E-state index in [9.17, 15) is 4.79 Å². The molecule has 0 fully saturated rings. The lowest BCUT2D eigenvalue weighted by atomic mass is 10.1. The lowest BCUT2D eigenvalue weighted by Gasteiger charge is -2.27. The Labute approximate surface area is 124 Å². The Morgan fingerprint density at radius 1 is 1.00 bits per heavy atom. The molecule has 0 spiro atoms. The van der Waals surface area contributed by atoms with E-state index in [0.29, 0.717) is 6.54 Å². The number of aliphatic carboxylic acids is 1. The number of rotatable bonds is 12. The first-order valence-electron chi connectivity index (χ1n) is 7.72. The Balaban J connectivity index is 4.19. The van der Waals surface area contributed by atoms with Crippen LogP contribution in [0.1, 0.15) is 27.2 Å². The number of hydrogen-bond donors (Lipinski definition) is 1. The van der Waals surface area contributed by atoms with Crippen LogP contribution in [0, 0.1) is 5.92 Å². The maximum absolute atomic E-state index is 11.0. The lowest BCUT2D eigenvalue weighted by Crippen LogP contribution is -2.38. The summed E-state index contributed by atoms with van der Waals surface area (Å²) in [6, 6.07) is 0. The Bertz CT molecular complexity index is 256. The standard InChI is InChI=1S/C15H33N3O2/c1-6-17(7-2)9-8-10-18(12-11-16(4)5)13-14(3)15(19)20/h14H,6-13H2,1-5H3,(H,19,20). The molecule has 0 heterocycles. The van der Waals surface area contributed by atoms with Gasteiger partial charge in [-0.2, -0.15) is 0 Å². The Morgan fingerprint density at radius 3 is 2.00 bits per heavy atom. The third-order valence-electron chi connectivity index (χ3n) is 3.66. The van der Waals surface area contributed by atoms with E-state index in [1.807, 2.05) is 0 Å². The summed E-state index contributed by atoms with van der Waals surface area (Å²) >= 11 is 0. The molecule has 0 amide bonds. The summed E-state index contributed by atoms with van der Waals surface area (Å²) in [5.74, 6) is -1.01. The molecule has 1 unspecified atom stereocenters. The second kappa shape index (κ2) is 11.1. The minimum absolute atomic E-state index is 0.300. The molecular formula is C15H33N3O2. The van der Waals surface area contributed by atoms with E-state index in [-0.39, 0.29) is 5.92 Å². The maximum Gasteiger partial charge on any atom is 0.307 e. The Hall–Kier alpha value is -0.650. The average Bonchev–Trinajstić information content (AvgIpc) is 2.40. The molecule has 0 aromatic carbocycles. The highest BCUT2D eigenvalue weighted by Crippen LogP contribution is 2.03. The first kappa shape index (κ1) is 19.4. The van der Waals surface area contributed by atoms with E-state index < -0.39 is 5.97 Å². The molecular weight excluding hydrogens is 254 g/mol. The molecule has 0 saturated carbocycles. The fourth-order valence-electron chi connectivity index (χ4n) is 2.16. The monoisotopic (exact) mass is 287 g/mol. The minimum Gasteiger partial charge on any atom is -0.481 e. The Kier molecular flexibility index (Phi) is 10.7. The number of likely N-dealkylation sites (N-methyl/N-ethyl adjacent to an activating group) is 1. The molecule has 20 heavy (non-hydrogen) atoms. The quantitative estimate of drug-likeness (QED) is 0.586. The van der Waals surface area contributed by atoms with Crippen molar-refractivity contribution in [1.29, 1.82) is 0 Å². The number of carboxylic acids is 1. The van der Waals surface area contributed by atoms with Gasteiger partial charge in [-0.1, -0.05) is 20.8 Å². The number of nitrogens with zero attached hydrogens (tertiary/aromatic N) is 3. The second-order valence-corrected chi connectivity index (χ2v) is 5.72. The molecule has 0 aromatic rings. The van der Waals surface area contributed by atoms with Crippen molar-refractivity contribution in [2.75, 3.05) is 59.9 Å². The summed E-state index contributed by atoms with van der Waals surface area (Å²) in [5.41, 5.74) is 0. The molecule has 0 aliphatic carbocycles. The van der Waals surface area contributed by atoms with E-state index in [4.69, 9.17) is 5.11 Å². The highest BCUT2D eigenvalue weighted by molar-refractivity contribution is 5.69. The SMILES string of the molecule is CCN(CC)CCCN(CCN(C)C)CC(C)C(=O)O. The predicted octanol–water partition coefficient (Wildman–Crippen LogP) is 1.30. The van der Waals surface area contributed by atoms with Crippen molar-refractivity contribution >= 4 is 5.97 Å². The van der Waals surface area contributed by atoms with Gasteiger partial charge in [-0.15, -0.1) is 0 Å². The van der Waals surface area contributed by atoms with Gasteiger partial charge in [0.2, 0.25) is 0 Å². The number of carboxylic acid groups (broad SMARTS) is 1. The van der Waals surface area contributed by atoms with Crippen LogP contribution in [-0.2, 0) is 4.79 Å². The molecule has 0 aromatic heterocycles. The van der Waals surface area contributed by atoms with Crippen LogP contribution < -0.4 is 0 Å². The number of carbonyl (C=O) groups is 1. The molecule has 0 bridgehead atoms. The smallest absolute Gasteiger partial charge is 0.307 e. The first-order chi connectivity index (χ1) is 9.40. The van der Waals surface area contributed by atoms with Crippen molar-refractivity contribution in [3.8, 4) is 0 Å². The van der Waals surface area contributed by atoms with Gasteiger partial charge in [0.15, 0.2) is 0 Å². The van der Waals surface area contributed by atoms with E-state index >= 15 is 0 Å². The van der Waals surface area contributed by atoms with Crippen LogP contribution in [0.2, 0.25) is 0 Å². The van der Waals surface area contributed by atoms with E-state index in [1.54, 1.807) is 6.92 Å². The van der Waals surface area contributed by atoms with E-state index in [2.05, 4.69) is 42.6 Å². The van der Waals surface area contributed by atoms with Crippen LogP contribution in [0.4, 0.5) is 0 Å². The fraction of sp³-hybridized carbons (Fsp3) is 0.933. The average molecular weight is 287 g/mol. The topological polar surface area (TPSA) is 47.0 Å².